The summed E-state index contributed by atoms with van der Waals surface area (Å²) >= 11 is 5.47. The summed E-state index contributed by atoms with van der Waals surface area (Å²) in [6.45, 7) is 3.58. The summed E-state index contributed by atoms with van der Waals surface area (Å²) in [4.78, 5) is 0. The quantitative estimate of drug-likeness (QED) is 0.708. The van der Waals surface area contributed by atoms with Gasteiger partial charge in [0.2, 0.25) is 0 Å². The predicted molar refractivity (Wildman–Crippen MR) is 47.2 cm³/mol. The molecule has 0 bridgehead atoms. The van der Waals surface area contributed by atoms with E-state index in [0.717, 1.165) is 10.7 Å². The van der Waals surface area contributed by atoms with Crippen LogP contribution in [0.5, 0.6) is 0 Å². The van der Waals surface area contributed by atoms with Crippen LogP contribution >= 0.6 is 11.6 Å². The molecule has 0 amide bonds. The van der Waals surface area contributed by atoms with Gasteiger partial charge in [-0.1, -0.05) is 13.8 Å². The maximum Gasteiger partial charge on any atom is 0.435 e. The van der Waals surface area contributed by atoms with Crippen LogP contribution in [0.15, 0.2) is 6.07 Å². The summed E-state index contributed by atoms with van der Waals surface area (Å²) in [6.07, 6.45) is -4.40. The minimum absolute atomic E-state index is 0.0302. The topological polar surface area (TPSA) is 17.8 Å². The van der Waals surface area contributed by atoms with E-state index in [9.17, 15) is 13.2 Å². The Balaban J connectivity index is 3.13. The Morgan fingerprint density at radius 1 is 1.50 bits per heavy atom. The maximum atomic E-state index is 12.3. The molecule has 0 fully saturated rings. The molecule has 0 aliphatic rings. The lowest BCUT2D eigenvalue weighted by molar-refractivity contribution is -0.141. The van der Waals surface area contributed by atoms with Gasteiger partial charge in [0.05, 0.1) is 0 Å². The molecule has 2 nitrogen and oxygen atoms in total. The van der Waals surface area contributed by atoms with Gasteiger partial charge >= 0.3 is 6.18 Å². The Morgan fingerprint density at radius 2 is 2.07 bits per heavy atom. The molecule has 6 heteroatoms. The lowest BCUT2D eigenvalue weighted by atomic mass is 10.1. The summed E-state index contributed by atoms with van der Waals surface area (Å²) in [5.41, 5.74) is -0.394. The molecule has 0 aromatic carbocycles. The van der Waals surface area contributed by atoms with E-state index < -0.39 is 11.9 Å². The summed E-state index contributed by atoms with van der Waals surface area (Å²) in [6, 6.07) is 0.969. The minimum atomic E-state index is -4.40. The fraction of sp³-hybridized carbons (Fsp3) is 0.625. The molecular formula is C8H10ClF3N2. The van der Waals surface area contributed by atoms with Crippen molar-refractivity contribution < 1.29 is 13.2 Å². The first-order valence-electron chi connectivity index (χ1n) is 4.07. The van der Waals surface area contributed by atoms with E-state index in [1.807, 2.05) is 0 Å². The Hall–Kier alpha value is -0.710. The van der Waals surface area contributed by atoms with Gasteiger partial charge in [-0.2, -0.15) is 18.3 Å². The van der Waals surface area contributed by atoms with E-state index in [2.05, 4.69) is 5.10 Å². The van der Waals surface area contributed by atoms with Crippen LogP contribution in [0, 0.1) is 0 Å². The molecule has 0 aliphatic heterocycles. The first-order valence-corrected chi connectivity index (χ1v) is 4.60. The van der Waals surface area contributed by atoms with Gasteiger partial charge in [-0.3, -0.25) is 4.68 Å². The van der Waals surface area contributed by atoms with Crippen LogP contribution in [0.1, 0.15) is 31.2 Å². The molecule has 1 aromatic rings. The highest BCUT2D eigenvalue weighted by Gasteiger charge is 2.35. The summed E-state index contributed by atoms with van der Waals surface area (Å²) in [5, 5.41) is 3.38. The van der Waals surface area contributed by atoms with Crippen LogP contribution in [-0.2, 0) is 12.2 Å². The summed E-state index contributed by atoms with van der Waals surface area (Å²) in [7, 11) is 0. The van der Waals surface area contributed by atoms with Crippen molar-refractivity contribution in [1.29, 1.82) is 0 Å². The van der Waals surface area contributed by atoms with Gasteiger partial charge in [-0.25, -0.2) is 0 Å². The average Bonchev–Trinajstić information content (AvgIpc) is 2.45. The number of alkyl halides is 4. The van der Waals surface area contributed by atoms with E-state index >= 15 is 0 Å². The first kappa shape index (κ1) is 11.4. The number of halogens is 4. The Bertz CT molecular complexity index is 317. The number of hydrogen-bond donors (Lipinski definition) is 0. The van der Waals surface area contributed by atoms with E-state index in [0.29, 0.717) is 5.69 Å². The van der Waals surface area contributed by atoms with Crippen molar-refractivity contribution in [3.05, 3.63) is 17.5 Å². The molecule has 0 atom stereocenters. The zero-order valence-electron chi connectivity index (χ0n) is 7.77. The van der Waals surface area contributed by atoms with Gasteiger partial charge in [0.25, 0.3) is 0 Å². The van der Waals surface area contributed by atoms with E-state index in [1.165, 1.54) is 0 Å². The molecule has 0 unspecified atom stereocenters. The van der Waals surface area contributed by atoms with Crippen molar-refractivity contribution in [3.8, 4) is 0 Å². The molecule has 0 radical (unpaired) electrons. The molecular weight excluding hydrogens is 217 g/mol. The Morgan fingerprint density at radius 3 is 2.36 bits per heavy atom. The molecule has 0 aliphatic carbocycles. The van der Waals surface area contributed by atoms with Gasteiger partial charge < -0.3 is 0 Å². The van der Waals surface area contributed by atoms with Gasteiger partial charge in [0, 0.05) is 5.69 Å². The molecule has 1 rings (SSSR count). The molecule has 1 heterocycles. The molecule has 14 heavy (non-hydrogen) atoms. The van der Waals surface area contributed by atoms with Crippen LogP contribution in [0.25, 0.3) is 0 Å². The highest BCUT2D eigenvalue weighted by molar-refractivity contribution is 6.15. The molecule has 1 aromatic heterocycles. The fourth-order valence-electron chi connectivity index (χ4n) is 1.13. The third-order valence-corrected chi connectivity index (χ3v) is 2.03. The number of nitrogens with zero attached hydrogens (tertiary/aromatic N) is 2. The second kappa shape index (κ2) is 3.81. The van der Waals surface area contributed by atoms with Crippen molar-refractivity contribution in [3.63, 3.8) is 0 Å². The fourth-order valence-corrected chi connectivity index (χ4v) is 1.32. The second-order valence-electron chi connectivity index (χ2n) is 3.23. The third-order valence-electron chi connectivity index (χ3n) is 1.81. The first-order chi connectivity index (χ1) is 6.36. The van der Waals surface area contributed by atoms with Crippen molar-refractivity contribution in [1.82, 2.24) is 9.78 Å². The minimum Gasteiger partial charge on any atom is -0.254 e. The van der Waals surface area contributed by atoms with E-state index in [1.54, 1.807) is 13.8 Å². The average molecular weight is 227 g/mol. The molecule has 0 N–H and O–H groups in total. The Kier molecular flexibility index (Phi) is 3.09. The van der Waals surface area contributed by atoms with Gasteiger partial charge in [-0.15, -0.1) is 11.6 Å². The molecule has 0 spiro atoms. The predicted octanol–water partition coefficient (Wildman–Crippen LogP) is 3.22. The van der Waals surface area contributed by atoms with Crippen LogP contribution in [0.3, 0.4) is 0 Å². The van der Waals surface area contributed by atoms with Crippen LogP contribution in [0.2, 0.25) is 0 Å². The molecule has 0 saturated carbocycles. The molecule has 0 saturated heterocycles. The van der Waals surface area contributed by atoms with Crippen molar-refractivity contribution in [2.45, 2.75) is 31.9 Å². The number of rotatable bonds is 2. The smallest absolute Gasteiger partial charge is 0.254 e. The van der Waals surface area contributed by atoms with E-state index in [4.69, 9.17) is 11.6 Å². The van der Waals surface area contributed by atoms with Gasteiger partial charge in [0.15, 0.2) is 5.69 Å². The zero-order valence-corrected chi connectivity index (χ0v) is 8.52. The Labute approximate surface area is 84.7 Å². The lowest BCUT2D eigenvalue weighted by Crippen LogP contribution is -2.07. The monoisotopic (exact) mass is 226 g/mol. The normalized spacial score (nSPS) is 12.5. The number of hydrogen-bond acceptors (Lipinski definition) is 1. The standard InChI is InChI=1S/C8H10ClF3N2/c1-5(2)6-3-7(8(10,11)12)13-14(6)4-9/h3,5H,4H2,1-2H3. The molecule has 80 valence electrons. The largest absolute Gasteiger partial charge is 0.435 e. The van der Waals surface area contributed by atoms with Crippen molar-refractivity contribution in [2.24, 2.45) is 0 Å². The summed E-state index contributed by atoms with van der Waals surface area (Å²) < 4.78 is 37.9. The highest BCUT2D eigenvalue weighted by atomic mass is 35.5. The van der Waals surface area contributed by atoms with Crippen molar-refractivity contribution in [2.75, 3.05) is 0 Å². The number of aromatic nitrogens is 2. The van der Waals surface area contributed by atoms with Gasteiger partial charge in [-0.05, 0) is 12.0 Å². The highest BCUT2D eigenvalue weighted by Crippen LogP contribution is 2.30. The van der Waals surface area contributed by atoms with Crippen molar-refractivity contribution >= 4 is 11.6 Å². The zero-order chi connectivity index (χ0) is 10.9. The van der Waals surface area contributed by atoms with Crippen LogP contribution in [-0.4, -0.2) is 9.78 Å². The third kappa shape index (κ3) is 2.20. The summed E-state index contributed by atoms with van der Waals surface area (Å²) in [5.74, 6) is -0.0302. The van der Waals surface area contributed by atoms with Gasteiger partial charge in [0.1, 0.15) is 6.00 Å². The van der Waals surface area contributed by atoms with Crippen LogP contribution < -0.4 is 0 Å². The SMILES string of the molecule is CC(C)c1cc(C(F)(F)F)nn1CCl. The van der Waals surface area contributed by atoms with E-state index in [-0.39, 0.29) is 11.9 Å². The second-order valence-corrected chi connectivity index (χ2v) is 3.47. The lowest BCUT2D eigenvalue weighted by Gasteiger charge is -2.05. The maximum absolute atomic E-state index is 12.3. The van der Waals surface area contributed by atoms with Crippen LogP contribution in [0.4, 0.5) is 13.2 Å².